The minimum atomic E-state index is 0.201. The first-order chi connectivity index (χ1) is 20.0. The van der Waals surface area contributed by atoms with Crippen LogP contribution in [0.2, 0.25) is 0 Å². The van der Waals surface area contributed by atoms with E-state index < -0.39 is 0 Å². The number of aryl methyl sites for hydroxylation is 1. The van der Waals surface area contributed by atoms with E-state index in [1.807, 2.05) is 11.8 Å². The Labute approximate surface area is 242 Å². The van der Waals surface area contributed by atoms with Crippen LogP contribution in [-0.4, -0.2) is 102 Å². The summed E-state index contributed by atoms with van der Waals surface area (Å²) in [6, 6.07) is 8.47. The Kier molecular flexibility index (Phi) is 9.25. The molecule has 0 radical (unpaired) electrons. The van der Waals surface area contributed by atoms with Crippen molar-refractivity contribution in [3.63, 3.8) is 0 Å². The predicted octanol–water partition coefficient (Wildman–Crippen LogP) is 2.78. The second kappa shape index (κ2) is 13.2. The lowest BCUT2D eigenvalue weighted by molar-refractivity contribution is -0.131. The van der Waals surface area contributed by atoms with E-state index in [9.17, 15) is 4.79 Å². The molecule has 2 aromatic heterocycles. The molecule has 5 rings (SSSR count). The van der Waals surface area contributed by atoms with Crippen molar-refractivity contribution in [1.82, 2.24) is 29.7 Å². The molecule has 41 heavy (non-hydrogen) atoms. The summed E-state index contributed by atoms with van der Waals surface area (Å²) < 4.78 is 5.57. The fraction of sp³-hybridized carbons (Fsp3) is 0.500. The monoisotopic (exact) mass is 559 g/mol. The number of benzene rings is 1. The van der Waals surface area contributed by atoms with Gasteiger partial charge in [0.1, 0.15) is 5.82 Å². The third kappa shape index (κ3) is 6.74. The van der Waals surface area contributed by atoms with E-state index in [0.717, 1.165) is 86.1 Å². The number of anilines is 4. The molecule has 0 bridgehead atoms. The summed E-state index contributed by atoms with van der Waals surface area (Å²) in [7, 11) is 2.08. The van der Waals surface area contributed by atoms with Gasteiger partial charge in [-0.25, -0.2) is 15.0 Å². The molecule has 3 aromatic rings. The Morgan fingerprint density at radius 2 is 1.83 bits per heavy atom. The lowest BCUT2D eigenvalue weighted by atomic mass is 10.1. The molecule has 1 saturated heterocycles. The number of carbonyl (C=O) groups is 1. The first-order valence-corrected chi connectivity index (χ1v) is 14.6. The van der Waals surface area contributed by atoms with Crippen LogP contribution in [0.1, 0.15) is 31.4 Å². The third-order valence-corrected chi connectivity index (χ3v) is 7.93. The molecule has 11 heteroatoms. The molecule has 1 fully saturated rings. The Hall–Kier alpha value is -3.83. The van der Waals surface area contributed by atoms with Gasteiger partial charge in [0.2, 0.25) is 17.8 Å². The van der Waals surface area contributed by atoms with Gasteiger partial charge in [-0.3, -0.25) is 4.79 Å². The predicted molar refractivity (Wildman–Crippen MR) is 161 cm³/mol. The van der Waals surface area contributed by atoms with Crippen LogP contribution in [0.15, 0.2) is 36.7 Å². The van der Waals surface area contributed by atoms with Gasteiger partial charge in [-0.2, -0.15) is 4.98 Å². The number of nitrogens with two attached hydrogens (primary N) is 1. The SMILES string of the molecule is CCN(C)CCN(CC)C(=O)CCc1cccc(N2CCc3c(-c4cnc(N)nc4)nc(N4CCOCC4)nc32)c1. The number of nitrogens with zero attached hydrogens (tertiary/aromatic N) is 8. The number of hydrogen-bond acceptors (Lipinski definition) is 10. The van der Waals surface area contributed by atoms with Crippen molar-refractivity contribution in [3.05, 3.63) is 47.8 Å². The fourth-order valence-electron chi connectivity index (χ4n) is 5.30. The van der Waals surface area contributed by atoms with Crippen LogP contribution in [0.5, 0.6) is 0 Å². The zero-order valence-electron chi connectivity index (χ0n) is 24.4. The van der Waals surface area contributed by atoms with Gasteiger partial charge in [0.05, 0.1) is 18.9 Å². The molecule has 2 aliphatic heterocycles. The molecule has 2 aliphatic rings. The van der Waals surface area contributed by atoms with Gasteiger partial charge in [0.25, 0.3) is 0 Å². The highest BCUT2D eigenvalue weighted by Crippen LogP contribution is 2.39. The lowest BCUT2D eigenvalue weighted by Gasteiger charge is -2.28. The summed E-state index contributed by atoms with van der Waals surface area (Å²) in [5, 5.41) is 0. The summed E-state index contributed by atoms with van der Waals surface area (Å²) in [5.74, 6) is 2.02. The Morgan fingerprint density at radius 3 is 2.56 bits per heavy atom. The van der Waals surface area contributed by atoms with Crippen LogP contribution in [0, 0.1) is 0 Å². The van der Waals surface area contributed by atoms with Crippen molar-refractivity contribution >= 4 is 29.3 Å². The molecule has 1 aromatic carbocycles. The molecule has 0 saturated carbocycles. The van der Waals surface area contributed by atoms with E-state index in [0.29, 0.717) is 32.0 Å². The third-order valence-electron chi connectivity index (χ3n) is 7.93. The van der Waals surface area contributed by atoms with Crippen molar-refractivity contribution in [2.45, 2.75) is 33.1 Å². The molecule has 0 aliphatic carbocycles. The average Bonchev–Trinajstić information content (AvgIpc) is 3.45. The number of fused-ring (bicyclic) bond motifs is 1. The van der Waals surface area contributed by atoms with Gasteiger partial charge in [-0.15, -0.1) is 0 Å². The summed E-state index contributed by atoms with van der Waals surface area (Å²) >= 11 is 0. The Balaban J connectivity index is 1.38. The Morgan fingerprint density at radius 1 is 1.05 bits per heavy atom. The highest BCUT2D eigenvalue weighted by molar-refractivity contribution is 5.78. The van der Waals surface area contributed by atoms with Gasteiger partial charge in [0, 0.05) is 74.9 Å². The van der Waals surface area contributed by atoms with Gasteiger partial charge in [-0.1, -0.05) is 19.1 Å². The molecule has 218 valence electrons. The first-order valence-electron chi connectivity index (χ1n) is 14.6. The minimum Gasteiger partial charge on any atom is -0.378 e. The van der Waals surface area contributed by atoms with Crippen LogP contribution in [0.25, 0.3) is 11.3 Å². The first kappa shape index (κ1) is 28.7. The normalized spacial score (nSPS) is 14.9. The van der Waals surface area contributed by atoms with E-state index in [2.05, 4.69) is 62.9 Å². The number of hydrogen-bond donors (Lipinski definition) is 1. The second-order valence-electron chi connectivity index (χ2n) is 10.5. The maximum absolute atomic E-state index is 13.0. The minimum absolute atomic E-state index is 0.201. The molecule has 1 amide bonds. The smallest absolute Gasteiger partial charge is 0.228 e. The van der Waals surface area contributed by atoms with E-state index in [-0.39, 0.29) is 11.9 Å². The van der Waals surface area contributed by atoms with Crippen molar-refractivity contribution < 1.29 is 9.53 Å². The van der Waals surface area contributed by atoms with Crippen LogP contribution in [-0.2, 0) is 22.4 Å². The number of ether oxygens (including phenoxy) is 1. The maximum Gasteiger partial charge on any atom is 0.228 e. The van der Waals surface area contributed by atoms with Gasteiger partial charge in [0.15, 0.2) is 0 Å². The summed E-state index contributed by atoms with van der Waals surface area (Å²) in [6.07, 6.45) is 5.46. The molecule has 11 nitrogen and oxygen atoms in total. The number of morpholine rings is 1. The highest BCUT2D eigenvalue weighted by atomic mass is 16.5. The summed E-state index contributed by atoms with van der Waals surface area (Å²) in [6.45, 7) is 11.1. The van der Waals surface area contributed by atoms with Crippen molar-refractivity contribution in [3.8, 4) is 11.3 Å². The van der Waals surface area contributed by atoms with Crippen molar-refractivity contribution in [2.75, 3.05) is 81.6 Å². The number of carbonyl (C=O) groups excluding carboxylic acids is 1. The van der Waals surface area contributed by atoms with Gasteiger partial charge in [-0.05, 0) is 51.1 Å². The molecule has 0 unspecified atom stereocenters. The second-order valence-corrected chi connectivity index (χ2v) is 10.5. The summed E-state index contributed by atoms with van der Waals surface area (Å²) in [4.78, 5) is 40.1. The van der Waals surface area contributed by atoms with Crippen molar-refractivity contribution in [1.29, 1.82) is 0 Å². The van der Waals surface area contributed by atoms with Crippen LogP contribution in [0.4, 0.5) is 23.4 Å². The number of rotatable bonds is 11. The van der Waals surface area contributed by atoms with Crippen LogP contribution in [0.3, 0.4) is 0 Å². The van der Waals surface area contributed by atoms with E-state index >= 15 is 0 Å². The highest BCUT2D eigenvalue weighted by Gasteiger charge is 2.29. The molecular formula is C30H41N9O2. The molecule has 2 N–H and O–H groups in total. The zero-order chi connectivity index (χ0) is 28.8. The number of aromatic nitrogens is 4. The number of amides is 1. The van der Waals surface area contributed by atoms with Gasteiger partial charge < -0.3 is 30.1 Å². The fourth-order valence-corrected chi connectivity index (χ4v) is 5.30. The molecular weight excluding hydrogens is 518 g/mol. The van der Waals surface area contributed by atoms with Crippen LogP contribution >= 0.6 is 0 Å². The van der Waals surface area contributed by atoms with E-state index in [1.165, 1.54) is 0 Å². The standard InChI is InChI=1S/C30H41N9O2/c1-4-36(3)13-14-37(5-2)26(40)10-9-22-7-6-8-24(19-22)39-12-11-25-27(23-20-32-29(31)33-21-23)34-30(35-28(25)39)38-15-17-41-18-16-38/h6-8,19-21H,4-5,9-18H2,1-3H3,(H2,31,32,33). The number of nitrogen functional groups attached to an aromatic ring is 1. The molecule has 0 spiro atoms. The largest absolute Gasteiger partial charge is 0.378 e. The quantitative estimate of drug-likeness (QED) is 0.376. The number of likely N-dealkylation sites (N-methyl/N-ethyl adjacent to an activating group) is 2. The van der Waals surface area contributed by atoms with E-state index in [1.54, 1.807) is 12.4 Å². The zero-order valence-corrected chi connectivity index (χ0v) is 24.4. The van der Waals surface area contributed by atoms with Crippen LogP contribution < -0.4 is 15.5 Å². The summed E-state index contributed by atoms with van der Waals surface area (Å²) in [5.41, 5.74) is 10.7. The van der Waals surface area contributed by atoms with Gasteiger partial charge >= 0.3 is 0 Å². The topological polar surface area (TPSA) is 117 Å². The van der Waals surface area contributed by atoms with Crippen molar-refractivity contribution in [2.24, 2.45) is 0 Å². The lowest BCUT2D eigenvalue weighted by Crippen LogP contribution is -2.37. The Bertz CT molecular complexity index is 1330. The molecule has 0 atom stereocenters. The maximum atomic E-state index is 13.0. The molecule has 4 heterocycles. The average molecular weight is 560 g/mol. The van der Waals surface area contributed by atoms with E-state index in [4.69, 9.17) is 20.4 Å².